The van der Waals surface area contributed by atoms with Crippen molar-refractivity contribution in [3.8, 4) is 5.75 Å². The summed E-state index contributed by atoms with van der Waals surface area (Å²) in [6, 6.07) is 6.67. The van der Waals surface area contributed by atoms with Gasteiger partial charge in [-0.05, 0) is 44.0 Å². The summed E-state index contributed by atoms with van der Waals surface area (Å²) in [7, 11) is -3.39. The number of benzene rings is 1. The van der Waals surface area contributed by atoms with E-state index in [1.54, 1.807) is 24.3 Å². The van der Waals surface area contributed by atoms with Crippen molar-refractivity contribution in [3.05, 3.63) is 24.3 Å². The van der Waals surface area contributed by atoms with E-state index in [1.165, 1.54) is 4.31 Å². The molecule has 0 aromatic heterocycles. The number of rotatable bonds is 4. The summed E-state index contributed by atoms with van der Waals surface area (Å²) in [6.07, 6.45) is 1.44. The predicted octanol–water partition coefficient (Wildman–Crippen LogP) is 1.62. The fourth-order valence-corrected chi connectivity index (χ4v) is 3.61. The van der Waals surface area contributed by atoms with Crippen LogP contribution in [-0.4, -0.2) is 38.5 Å². The number of piperidine rings is 1. The van der Waals surface area contributed by atoms with Crippen molar-refractivity contribution in [2.45, 2.75) is 30.7 Å². The molecule has 114 valence electrons. The first kappa shape index (κ1) is 17.2. The molecule has 1 fully saturated rings. The second-order valence-corrected chi connectivity index (χ2v) is 6.58. The van der Waals surface area contributed by atoms with Crippen molar-refractivity contribution in [2.24, 2.45) is 5.73 Å². The Kier molecular flexibility index (Phi) is 6.26. The molecule has 0 spiro atoms. The van der Waals surface area contributed by atoms with Gasteiger partial charge >= 0.3 is 0 Å². The van der Waals surface area contributed by atoms with Gasteiger partial charge < -0.3 is 10.5 Å². The maximum Gasteiger partial charge on any atom is 0.243 e. The van der Waals surface area contributed by atoms with E-state index in [0.29, 0.717) is 30.3 Å². The Bertz CT molecular complexity index is 511. The van der Waals surface area contributed by atoms with E-state index in [4.69, 9.17) is 10.5 Å². The van der Waals surface area contributed by atoms with Crippen LogP contribution in [0.3, 0.4) is 0 Å². The Morgan fingerprint density at radius 2 is 1.80 bits per heavy atom. The highest BCUT2D eigenvalue weighted by Crippen LogP contribution is 2.22. The highest BCUT2D eigenvalue weighted by Gasteiger charge is 2.28. The van der Waals surface area contributed by atoms with Crippen LogP contribution in [0.1, 0.15) is 19.8 Å². The van der Waals surface area contributed by atoms with E-state index in [2.05, 4.69) is 0 Å². The molecule has 2 N–H and O–H groups in total. The fourth-order valence-electron chi connectivity index (χ4n) is 2.14. The first-order valence-corrected chi connectivity index (χ1v) is 7.96. The van der Waals surface area contributed by atoms with Crippen LogP contribution in [0.2, 0.25) is 0 Å². The van der Waals surface area contributed by atoms with Crippen molar-refractivity contribution in [3.63, 3.8) is 0 Å². The molecule has 1 aliphatic heterocycles. The summed E-state index contributed by atoms with van der Waals surface area (Å²) in [5.41, 5.74) is 5.79. The smallest absolute Gasteiger partial charge is 0.243 e. The zero-order valence-corrected chi connectivity index (χ0v) is 13.1. The molecule has 0 bridgehead atoms. The third-order valence-electron chi connectivity index (χ3n) is 3.27. The van der Waals surface area contributed by atoms with Crippen molar-refractivity contribution >= 4 is 22.4 Å². The van der Waals surface area contributed by atoms with E-state index < -0.39 is 10.0 Å². The molecule has 0 aliphatic carbocycles. The number of hydrogen-bond acceptors (Lipinski definition) is 4. The van der Waals surface area contributed by atoms with Gasteiger partial charge in [-0.3, -0.25) is 0 Å². The molecule has 5 nitrogen and oxygen atoms in total. The van der Waals surface area contributed by atoms with Gasteiger partial charge in [0.2, 0.25) is 10.0 Å². The van der Waals surface area contributed by atoms with Crippen LogP contribution in [0.15, 0.2) is 29.2 Å². The van der Waals surface area contributed by atoms with Crippen LogP contribution in [0.4, 0.5) is 0 Å². The fraction of sp³-hybridized carbons (Fsp3) is 0.538. The van der Waals surface area contributed by atoms with Crippen LogP contribution < -0.4 is 10.5 Å². The first-order valence-electron chi connectivity index (χ1n) is 6.52. The summed E-state index contributed by atoms with van der Waals surface area (Å²) in [4.78, 5) is 0.312. The SMILES string of the molecule is CCOc1ccc(S(=O)(=O)N2CCC(N)CC2)cc1.Cl. The van der Waals surface area contributed by atoms with E-state index in [-0.39, 0.29) is 18.4 Å². The van der Waals surface area contributed by atoms with Crippen molar-refractivity contribution in [1.82, 2.24) is 4.31 Å². The van der Waals surface area contributed by atoms with Gasteiger partial charge in [0.25, 0.3) is 0 Å². The Labute approximate surface area is 126 Å². The van der Waals surface area contributed by atoms with Gasteiger partial charge in [-0.2, -0.15) is 4.31 Å². The van der Waals surface area contributed by atoms with Crippen molar-refractivity contribution in [1.29, 1.82) is 0 Å². The lowest BCUT2D eigenvalue weighted by molar-refractivity contribution is 0.320. The number of nitrogens with zero attached hydrogens (tertiary/aromatic N) is 1. The molecule has 0 radical (unpaired) electrons. The molecular formula is C13H21ClN2O3S. The molecule has 1 aromatic carbocycles. The van der Waals surface area contributed by atoms with E-state index in [0.717, 1.165) is 12.8 Å². The molecule has 0 atom stereocenters. The zero-order chi connectivity index (χ0) is 13.9. The Morgan fingerprint density at radius 3 is 2.30 bits per heavy atom. The summed E-state index contributed by atoms with van der Waals surface area (Å²) < 4.78 is 31.6. The molecule has 0 saturated carbocycles. The first-order chi connectivity index (χ1) is 9.04. The number of nitrogens with two attached hydrogens (primary N) is 1. The summed E-state index contributed by atoms with van der Waals surface area (Å²) in [5, 5.41) is 0. The molecular weight excluding hydrogens is 300 g/mol. The minimum absolute atomic E-state index is 0. The van der Waals surface area contributed by atoms with Gasteiger partial charge in [0.15, 0.2) is 0 Å². The van der Waals surface area contributed by atoms with Gasteiger partial charge in [-0.15, -0.1) is 12.4 Å². The van der Waals surface area contributed by atoms with Crippen LogP contribution in [0, 0.1) is 0 Å². The highest BCUT2D eigenvalue weighted by atomic mass is 35.5. The monoisotopic (exact) mass is 320 g/mol. The lowest BCUT2D eigenvalue weighted by Gasteiger charge is -2.29. The normalized spacial score (nSPS) is 17.5. The third-order valence-corrected chi connectivity index (χ3v) is 5.18. The van der Waals surface area contributed by atoms with Gasteiger partial charge in [0, 0.05) is 19.1 Å². The maximum atomic E-state index is 12.4. The van der Waals surface area contributed by atoms with Gasteiger partial charge in [0.05, 0.1) is 11.5 Å². The minimum Gasteiger partial charge on any atom is -0.494 e. The molecule has 2 rings (SSSR count). The van der Waals surface area contributed by atoms with Crippen LogP contribution in [0.5, 0.6) is 5.75 Å². The van der Waals surface area contributed by atoms with Crippen LogP contribution >= 0.6 is 12.4 Å². The lowest BCUT2D eigenvalue weighted by atomic mass is 10.1. The molecule has 1 heterocycles. The molecule has 0 unspecified atom stereocenters. The molecule has 1 aliphatic rings. The molecule has 1 aromatic rings. The lowest BCUT2D eigenvalue weighted by Crippen LogP contribution is -2.42. The van der Waals surface area contributed by atoms with Crippen molar-refractivity contribution < 1.29 is 13.2 Å². The van der Waals surface area contributed by atoms with E-state index in [9.17, 15) is 8.42 Å². The number of ether oxygens (including phenoxy) is 1. The minimum atomic E-state index is -3.39. The predicted molar refractivity (Wildman–Crippen MR) is 80.8 cm³/mol. The zero-order valence-electron chi connectivity index (χ0n) is 11.5. The topological polar surface area (TPSA) is 72.6 Å². The quantitative estimate of drug-likeness (QED) is 0.915. The molecule has 1 saturated heterocycles. The van der Waals surface area contributed by atoms with Crippen LogP contribution in [-0.2, 0) is 10.0 Å². The Balaban J connectivity index is 0.00000200. The Hall–Kier alpha value is -0.820. The standard InChI is InChI=1S/C13H20N2O3S.ClH/c1-2-18-12-3-5-13(6-4-12)19(16,17)15-9-7-11(14)8-10-15;/h3-6,11H,2,7-10,14H2,1H3;1H. The van der Waals surface area contributed by atoms with E-state index in [1.807, 2.05) is 6.92 Å². The second-order valence-electron chi connectivity index (χ2n) is 4.65. The van der Waals surface area contributed by atoms with E-state index >= 15 is 0 Å². The second kappa shape index (κ2) is 7.26. The maximum absolute atomic E-state index is 12.4. The van der Waals surface area contributed by atoms with Crippen LogP contribution in [0.25, 0.3) is 0 Å². The summed E-state index contributed by atoms with van der Waals surface area (Å²) in [5.74, 6) is 0.683. The molecule has 0 amide bonds. The third kappa shape index (κ3) is 3.85. The van der Waals surface area contributed by atoms with Gasteiger partial charge in [-0.1, -0.05) is 0 Å². The van der Waals surface area contributed by atoms with Crippen molar-refractivity contribution in [2.75, 3.05) is 19.7 Å². The highest BCUT2D eigenvalue weighted by molar-refractivity contribution is 7.89. The summed E-state index contributed by atoms with van der Waals surface area (Å²) >= 11 is 0. The summed E-state index contributed by atoms with van der Waals surface area (Å²) in [6.45, 7) is 3.45. The molecule has 7 heteroatoms. The Morgan fingerprint density at radius 1 is 1.25 bits per heavy atom. The average molecular weight is 321 g/mol. The van der Waals surface area contributed by atoms with Gasteiger partial charge in [-0.25, -0.2) is 8.42 Å². The van der Waals surface area contributed by atoms with Gasteiger partial charge in [0.1, 0.15) is 5.75 Å². The number of halogens is 1. The number of sulfonamides is 1. The average Bonchev–Trinajstić information content (AvgIpc) is 2.40. The molecule has 20 heavy (non-hydrogen) atoms. The largest absolute Gasteiger partial charge is 0.494 e. The number of hydrogen-bond donors (Lipinski definition) is 1.